The summed E-state index contributed by atoms with van der Waals surface area (Å²) in [4.78, 5) is 25.5. The van der Waals surface area contributed by atoms with Gasteiger partial charge in [0.1, 0.15) is 0 Å². The predicted molar refractivity (Wildman–Crippen MR) is 137 cm³/mol. The predicted octanol–water partition coefficient (Wildman–Crippen LogP) is 5.37. The van der Waals surface area contributed by atoms with Crippen LogP contribution in [0.15, 0.2) is 53.7 Å². The van der Waals surface area contributed by atoms with Crippen molar-refractivity contribution in [2.24, 2.45) is 5.92 Å². The zero-order valence-electron chi connectivity index (χ0n) is 19.8. The van der Waals surface area contributed by atoms with Gasteiger partial charge in [0.2, 0.25) is 5.91 Å². The van der Waals surface area contributed by atoms with E-state index in [0.29, 0.717) is 28.1 Å². The van der Waals surface area contributed by atoms with Gasteiger partial charge in [-0.25, -0.2) is 0 Å². The molecule has 0 aliphatic carbocycles. The number of anilines is 1. The third kappa shape index (κ3) is 6.18. The first-order chi connectivity index (χ1) is 16.3. The molecule has 2 aromatic carbocycles. The molecule has 1 heterocycles. The Bertz CT molecular complexity index is 1150. The first-order valence-corrected chi connectivity index (χ1v) is 12.7. The maximum Gasteiger partial charge on any atom is 0.253 e. The lowest BCUT2D eigenvalue weighted by Crippen LogP contribution is -2.34. The van der Waals surface area contributed by atoms with Crippen LogP contribution in [-0.2, 0) is 17.8 Å². The van der Waals surface area contributed by atoms with E-state index in [9.17, 15) is 9.59 Å². The fraction of sp³-hybridized carbons (Fsp3) is 0.360. The maximum absolute atomic E-state index is 12.9. The van der Waals surface area contributed by atoms with Gasteiger partial charge in [-0.3, -0.25) is 9.59 Å². The summed E-state index contributed by atoms with van der Waals surface area (Å²) < 4.78 is 1.94. The third-order valence-corrected chi connectivity index (χ3v) is 6.71. The number of halogens is 1. The number of hydrogen-bond donors (Lipinski definition) is 2. The summed E-state index contributed by atoms with van der Waals surface area (Å²) in [5, 5.41) is 15.8. The summed E-state index contributed by atoms with van der Waals surface area (Å²) in [5.41, 5.74) is 2.33. The van der Waals surface area contributed by atoms with Gasteiger partial charge < -0.3 is 15.2 Å². The summed E-state index contributed by atoms with van der Waals surface area (Å²) in [5.74, 6) is 0.544. The molecule has 0 spiro atoms. The van der Waals surface area contributed by atoms with Crippen molar-refractivity contribution in [1.82, 2.24) is 20.1 Å². The van der Waals surface area contributed by atoms with Crippen molar-refractivity contribution in [2.75, 3.05) is 11.1 Å². The fourth-order valence-corrected chi connectivity index (χ4v) is 4.63. The number of aromatic nitrogens is 3. The molecular weight excluding hydrogens is 470 g/mol. The van der Waals surface area contributed by atoms with Crippen LogP contribution in [0.5, 0.6) is 0 Å². The Kier molecular flexibility index (Phi) is 9.12. The highest BCUT2D eigenvalue weighted by atomic mass is 35.5. The normalized spacial score (nSPS) is 11.9. The van der Waals surface area contributed by atoms with E-state index >= 15 is 0 Å². The van der Waals surface area contributed by atoms with E-state index in [-0.39, 0.29) is 29.5 Å². The molecule has 0 radical (unpaired) electrons. The highest BCUT2D eigenvalue weighted by molar-refractivity contribution is 7.99. The van der Waals surface area contributed by atoms with Crippen LogP contribution < -0.4 is 10.6 Å². The zero-order valence-corrected chi connectivity index (χ0v) is 21.4. The standard InChI is InChI=1S/C25H30ClN5O2S/c1-5-17-11-7-10-14-20(17)27-21(32)15-34-25-30-29-23(31(25)6-2)22(16(3)4)28-24(33)18-12-8-9-13-19(18)26/h7-14,16,22H,5-6,15H2,1-4H3,(H,27,32)(H,28,33)/t22-/m1/s1. The van der Waals surface area contributed by atoms with Gasteiger partial charge >= 0.3 is 0 Å². The van der Waals surface area contributed by atoms with Crippen molar-refractivity contribution < 1.29 is 9.59 Å². The van der Waals surface area contributed by atoms with Crippen molar-refractivity contribution in [1.29, 1.82) is 0 Å². The Labute approximate surface area is 209 Å². The Balaban J connectivity index is 1.73. The van der Waals surface area contributed by atoms with E-state index in [2.05, 4.69) is 27.8 Å². The summed E-state index contributed by atoms with van der Waals surface area (Å²) in [6.45, 7) is 8.67. The van der Waals surface area contributed by atoms with Gasteiger partial charge in [0, 0.05) is 12.2 Å². The Hall–Kier alpha value is -2.84. The van der Waals surface area contributed by atoms with Crippen LogP contribution in [0.3, 0.4) is 0 Å². The number of hydrogen-bond acceptors (Lipinski definition) is 5. The zero-order chi connectivity index (χ0) is 24.7. The fourth-order valence-electron chi connectivity index (χ4n) is 3.59. The number of nitrogens with zero attached hydrogens (tertiary/aromatic N) is 3. The van der Waals surface area contributed by atoms with Crippen LogP contribution >= 0.6 is 23.4 Å². The number of benzene rings is 2. The molecule has 0 fully saturated rings. The number of aryl methyl sites for hydroxylation is 1. The molecule has 3 rings (SSSR count). The van der Waals surface area contributed by atoms with E-state index in [0.717, 1.165) is 17.7 Å². The van der Waals surface area contributed by atoms with E-state index in [1.54, 1.807) is 24.3 Å². The maximum atomic E-state index is 12.9. The quantitative estimate of drug-likeness (QED) is 0.366. The van der Waals surface area contributed by atoms with E-state index in [1.807, 2.05) is 49.6 Å². The molecule has 2 amide bonds. The molecule has 0 aliphatic heterocycles. The van der Waals surface area contributed by atoms with Gasteiger partial charge in [-0.1, -0.05) is 74.5 Å². The van der Waals surface area contributed by atoms with Crippen LogP contribution in [0.1, 0.15) is 55.5 Å². The molecule has 3 aromatic rings. The number of carbonyl (C=O) groups excluding carboxylic acids is 2. The first kappa shape index (κ1) is 25.8. The summed E-state index contributed by atoms with van der Waals surface area (Å²) >= 11 is 7.53. The van der Waals surface area contributed by atoms with E-state index < -0.39 is 0 Å². The summed E-state index contributed by atoms with van der Waals surface area (Å²) in [6.07, 6.45) is 0.841. The van der Waals surface area contributed by atoms with Crippen LogP contribution in [0.4, 0.5) is 5.69 Å². The number of para-hydroxylation sites is 1. The Morgan fingerprint density at radius 1 is 1.06 bits per heavy atom. The highest BCUT2D eigenvalue weighted by Crippen LogP contribution is 2.26. The van der Waals surface area contributed by atoms with Crippen molar-refractivity contribution in [3.63, 3.8) is 0 Å². The van der Waals surface area contributed by atoms with Crippen LogP contribution in [0.2, 0.25) is 5.02 Å². The van der Waals surface area contributed by atoms with Crippen LogP contribution in [0, 0.1) is 5.92 Å². The molecule has 34 heavy (non-hydrogen) atoms. The van der Waals surface area contributed by atoms with Gasteiger partial charge in [0.15, 0.2) is 11.0 Å². The molecular formula is C25H30ClN5O2S. The molecule has 7 nitrogen and oxygen atoms in total. The average molecular weight is 500 g/mol. The lowest BCUT2D eigenvalue weighted by atomic mass is 10.0. The van der Waals surface area contributed by atoms with E-state index in [1.165, 1.54) is 11.8 Å². The smallest absolute Gasteiger partial charge is 0.253 e. The van der Waals surface area contributed by atoms with Crippen molar-refractivity contribution >= 4 is 40.9 Å². The second-order valence-corrected chi connectivity index (χ2v) is 9.46. The molecule has 0 saturated heterocycles. The van der Waals surface area contributed by atoms with Gasteiger partial charge in [0.25, 0.3) is 5.91 Å². The van der Waals surface area contributed by atoms with Gasteiger partial charge in [0.05, 0.1) is 22.4 Å². The molecule has 0 aliphatic rings. The number of amides is 2. The van der Waals surface area contributed by atoms with Gasteiger partial charge in [-0.15, -0.1) is 10.2 Å². The van der Waals surface area contributed by atoms with Crippen LogP contribution in [0.25, 0.3) is 0 Å². The van der Waals surface area contributed by atoms with Gasteiger partial charge in [-0.05, 0) is 43.0 Å². The molecule has 0 bridgehead atoms. The molecule has 0 unspecified atom stereocenters. The minimum atomic E-state index is -0.365. The minimum absolute atomic E-state index is 0.0626. The van der Waals surface area contributed by atoms with Crippen LogP contribution in [-0.4, -0.2) is 32.3 Å². The number of rotatable bonds is 10. The molecule has 1 atom stereocenters. The topological polar surface area (TPSA) is 88.9 Å². The molecule has 2 N–H and O–H groups in total. The monoisotopic (exact) mass is 499 g/mol. The van der Waals surface area contributed by atoms with Crippen molar-refractivity contribution in [3.05, 3.63) is 70.5 Å². The number of nitrogens with one attached hydrogen (secondary N) is 2. The summed E-state index contributed by atoms with van der Waals surface area (Å²) in [7, 11) is 0. The molecule has 9 heteroatoms. The molecule has 1 aromatic heterocycles. The second-order valence-electron chi connectivity index (χ2n) is 8.11. The van der Waals surface area contributed by atoms with E-state index in [4.69, 9.17) is 11.6 Å². The SMILES string of the molecule is CCc1ccccc1NC(=O)CSc1nnc([C@H](NC(=O)c2ccccc2Cl)C(C)C)n1CC. The minimum Gasteiger partial charge on any atom is -0.342 e. The summed E-state index contributed by atoms with van der Waals surface area (Å²) in [6, 6.07) is 14.4. The first-order valence-electron chi connectivity index (χ1n) is 11.3. The average Bonchev–Trinajstić information content (AvgIpc) is 3.24. The van der Waals surface area contributed by atoms with Crippen molar-refractivity contribution in [3.8, 4) is 0 Å². The second kappa shape index (κ2) is 12.0. The number of carbonyl (C=O) groups is 2. The highest BCUT2D eigenvalue weighted by Gasteiger charge is 2.26. The largest absolute Gasteiger partial charge is 0.342 e. The van der Waals surface area contributed by atoms with Crippen molar-refractivity contribution in [2.45, 2.75) is 51.9 Å². The lowest BCUT2D eigenvalue weighted by molar-refractivity contribution is -0.113. The Morgan fingerprint density at radius 2 is 1.76 bits per heavy atom. The molecule has 0 saturated carbocycles. The number of thioether (sulfide) groups is 1. The Morgan fingerprint density at radius 3 is 2.44 bits per heavy atom. The lowest BCUT2D eigenvalue weighted by Gasteiger charge is -2.22. The molecule has 180 valence electrons. The van der Waals surface area contributed by atoms with Gasteiger partial charge in [-0.2, -0.15) is 0 Å². The third-order valence-electron chi connectivity index (χ3n) is 5.42.